The van der Waals surface area contributed by atoms with Crippen molar-refractivity contribution in [2.45, 2.75) is 51.5 Å². The van der Waals surface area contributed by atoms with E-state index in [-0.39, 0.29) is 36.2 Å². The van der Waals surface area contributed by atoms with Crippen molar-refractivity contribution in [3.63, 3.8) is 0 Å². The monoisotopic (exact) mass is 393 g/mol. The molecule has 0 spiro atoms. The summed E-state index contributed by atoms with van der Waals surface area (Å²) in [6.07, 6.45) is 3.50. The number of carbonyl (C=O) groups excluding carboxylic acids is 2. The maximum absolute atomic E-state index is 12.9. The smallest absolute Gasteiger partial charge is 0.236 e. The van der Waals surface area contributed by atoms with Crippen LogP contribution in [0.15, 0.2) is 24.3 Å². The van der Waals surface area contributed by atoms with E-state index in [0.29, 0.717) is 19.5 Å². The van der Waals surface area contributed by atoms with Crippen molar-refractivity contribution in [1.29, 1.82) is 0 Å². The number of hydrogen-bond donors (Lipinski definition) is 1. The third-order valence-electron chi connectivity index (χ3n) is 5.78. The summed E-state index contributed by atoms with van der Waals surface area (Å²) in [7, 11) is 0. The number of rotatable bonds is 5. The molecule has 2 atom stereocenters. The molecular weight excluding hydrogens is 362 g/mol. The molecule has 3 rings (SSSR count). The van der Waals surface area contributed by atoms with E-state index in [1.165, 1.54) is 11.1 Å². The van der Waals surface area contributed by atoms with Crippen LogP contribution in [0.4, 0.5) is 0 Å². The Balaban J connectivity index is 0.00000261. The summed E-state index contributed by atoms with van der Waals surface area (Å²) in [4.78, 5) is 29.1. The zero-order chi connectivity index (χ0) is 18.5. The maximum Gasteiger partial charge on any atom is 0.236 e. The lowest BCUT2D eigenvalue weighted by Gasteiger charge is -2.41. The van der Waals surface area contributed by atoms with Crippen LogP contribution in [0.25, 0.3) is 0 Å². The molecule has 150 valence electrons. The van der Waals surface area contributed by atoms with Crippen LogP contribution >= 0.6 is 12.4 Å². The SMILES string of the molecule is CCC(CC(=O)N1CCCC(N2CCNCC2=O)C1)c1ccc(C)cc1.Cl. The van der Waals surface area contributed by atoms with Crippen LogP contribution in [0.2, 0.25) is 0 Å². The van der Waals surface area contributed by atoms with Crippen LogP contribution in [-0.4, -0.2) is 60.4 Å². The molecule has 2 heterocycles. The van der Waals surface area contributed by atoms with Crippen LogP contribution in [0.5, 0.6) is 0 Å². The third kappa shape index (κ3) is 5.45. The minimum absolute atomic E-state index is 0. The fourth-order valence-electron chi connectivity index (χ4n) is 4.12. The van der Waals surface area contributed by atoms with Crippen LogP contribution in [-0.2, 0) is 9.59 Å². The van der Waals surface area contributed by atoms with Crippen molar-refractivity contribution in [2.24, 2.45) is 0 Å². The topological polar surface area (TPSA) is 52.7 Å². The van der Waals surface area contributed by atoms with E-state index in [1.807, 2.05) is 9.80 Å². The van der Waals surface area contributed by atoms with Gasteiger partial charge in [0.25, 0.3) is 0 Å². The van der Waals surface area contributed by atoms with Gasteiger partial charge in [0.1, 0.15) is 0 Å². The van der Waals surface area contributed by atoms with Gasteiger partial charge in [-0.1, -0.05) is 36.8 Å². The maximum atomic E-state index is 12.9. The second-order valence-corrected chi connectivity index (χ2v) is 7.62. The largest absolute Gasteiger partial charge is 0.341 e. The minimum Gasteiger partial charge on any atom is -0.341 e. The first-order valence-corrected chi connectivity index (χ1v) is 9.93. The molecule has 2 fully saturated rings. The Kier molecular flexibility index (Phi) is 8.11. The van der Waals surface area contributed by atoms with Gasteiger partial charge >= 0.3 is 0 Å². The molecule has 27 heavy (non-hydrogen) atoms. The highest BCUT2D eigenvalue weighted by Gasteiger charge is 2.32. The standard InChI is InChI=1S/C21H31N3O2.ClH/c1-3-17(18-8-6-16(2)7-9-18)13-20(25)23-11-4-5-19(15-23)24-12-10-22-14-21(24)26;/h6-9,17,19,22H,3-5,10-15H2,1-2H3;1H. The number of likely N-dealkylation sites (tertiary alicyclic amines) is 1. The van der Waals surface area contributed by atoms with Gasteiger partial charge in [-0.05, 0) is 37.7 Å². The van der Waals surface area contributed by atoms with E-state index in [9.17, 15) is 9.59 Å². The molecule has 0 bridgehead atoms. The fourth-order valence-corrected chi connectivity index (χ4v) is 4.12. The van der Waals surface area contributed by atoms with E-state index in [0.717, 1.165) is 38.9 Å². The fraction of sp³-hybridized carbons (Fsp3) is 0.619. The van der Waals surface area contributed by atoms with Crippen molar-refractivity contribution in [1.82, 2.24) is 15.1 Å². The lowest BCUT2D eigenvalue weighted by atomic mass is 9.91. The Morgan fingerprint density at radius 3 is 2.67 bits per heavy atom. The molecule has 2 aliphatic rings. The predicted molar refractivity (Wildman–Crippen MR) is 110 cm³/mol. The van der Waals surface area contributed by atoms with E-state index in [4.69, 9.17) is 0 Å². The quantitative estimate of drug-likeness (QED) is 0.836. The normalized spacial score (nSPS) is 21.6. The first kappa shape index (κ1) is 21.7. The zero-order valence-electron chi connectivity index (χ0n) is 16.4. The third-order valence-corrected chi connectivity index (χ3v) is 5.78. The number of piperazine rings is 1. The van der Waals surface area contributed by atoms with Crippen LogP contribution in [0.3, 0.4) is 0 Å². The zero-order valence-corrected chi connectivity index (χ0v) is 17.3. The number of aryl methyl sites for hydroxylation is 1. The van der Waals surface area contributed by atoms with Crippen LogP contribution < -0.4 is 5.32 Å². The number of piperidine rings is 1. The van der Waals surface area contributed by atoms with Gasteiger partial charge < -0.3 is 15.1 Å². The average Bonchev–Trinajstić information content (AvgIpc) is 2.67. The van der Waals surface area contributed by atoms with Crippen LogP contribution in [0.1, 0.15) is 49.7 Å². The van der Waals surface area contributed by atoms with Gasteiger partial charge in [0.2, 0.25) is 11.8 Å². The Labute approximate surface area is 168 Å². The molecule has 1 aromatic carbocycles. The van der Waals surface area contributed by atoms with Gasteiger partial charge in [-0.3, -0.25) is 9.59 Å². The average molecular weight is 394 g/mol. The highest BCUT2D eigenvalue weighted by Crippen LogP contribution is 2.26. The van der Waals surface area contributed by atoms with Crippen molar-refractivity contribution in [3.8, 4) is 0 Å². The molecule has 0 aliphatic carbocycles. The molecule has 2 amide bonds. The van der Waals surface area contributed by atoms with Crippen molar-refractivity contribution in [2.75, 3.05) is 32.7 Å². The summed E-state index contributed by atoms with van der Waals surface area (Å²) >= 11 is 0. The summed E-state index contributed by atoms with van der Waals surface area (Å²) in [5, 5.41) is 3.12. The molecule has 1 aromatic rings. The van der Waals surface area contributed by atoms with Gasteiger partial charge in [-0.2, -0.15) is 0 Å². The highest BCUT2D eigenvalue weighted by atomic mass is 35.5. The van der Waals surface area contributed by atoms with Gasteiger partial charge in [0.05, 0.1) is 6.54 Å². The number of amides is 2. The minimum atomic E-state index is 0. The summed E-state index contributed by atoms with van der Waals surface area (Å²) in [5.41, 5.74) is 2.49. The Morgan fingerprint density at radius 1 is 1.26 bits per heavy atom. The molecule has 2 saturated heterocycles. The van der Waals surface area contributed by atoms with E-state index in [1.54, 1.807) is 0 Å². The molecule has 0 saturated carbocycles. The molecule has 6 heteroatoms. The number of benzene rings is 1. The van der Waals surface area contributed by atoms with E-state index in [2.05, 4.69) is 43.4 Å². The Morgan fingerprint density at radius 2 is 2.00 bits per heavy atom. The molecule has 1 N–H and O–H groups in total. The second kappa shape index (κ2) is 10.1. The molecular formula is C21H32ClN3O2. The Hall–Kier alpha value is -1.59. The van der Waals surface area contributed by atoms with Crippen molar-refractivity contribution >= 4 is 24.2 Å². The first-order valence-electron chi connectivity index (χ1n) is 9.93. The summed E-state index contributed by atoms with van der Waals surface area (Å²) in [6, 6.07) is 8.72. The van der Waals surface area contributed by atoms with Gasteiger partial charge in [0, 0.05) is 38.6 Å². The number of halogens is 1. The highest BCUT2D eigenvalue weighted by molar-refractivity contribution is 5.85. The van der Waals surface area contributed by atoms with E-state index >= 15 is 0 Å². The molecule has 2 aliphatic heterocycles. The molecule has 2 unspecified atom stereocenters. The lowest BCUT2D eigenvalue weighted by molar-refractivity contribution is -0.140. The van der Waals surface area contributed by atoms with Gasteiger partial charge in [0.15, 0.2) is 0 Å². The number of carbonyl (C=O) groups is 2. The van der Waals surface area contributed by atoms with Crippen LogP contribution in [0, 0.1) is 6.92 Å². The van der Waals surface area contributed by atoms with Crippen molar-refractivity contribution < 1.29 is 9.59 Å². The molecule has 0 radical (unpaired) electrons. The number of nitrogens with one attached hydrogen (secondary N) is 1. The number of hydrogen-bond acceptors (Lipinski definition) is 3. The number of nitrogens with zero attached hydrogens (tertiary/aromatic N) is 2. The van der Waals surface area contributed by atoms with Gasteiger partial charge in [-0.25, -0.2) is 0 Å². The Bertz CT molecular complexity index is 635. The molecule has 0 aromatic heterocycles. The van der Waals surface area contributed by atoms with Crippen molar-refractivity contribution in [3.05, 3.63) is 35.4 Å². The molecule has 5 nitrogen and oxygen atoms in total. The summed E-state index contributed by atoms with van der Waals surface area (Å²) < 4.78 is 0. The van der Waals surface area contributed by atoms with E-state index < -0.39 is 0 Å². The lowest BCUT2D eigenvalue weighted by Crippen LogP contribution is -2.57. The van der Waals surface area contributed by atoms with Gasteiger partial charge in [-0.15, -0.1) is 12.4 Å². The summed E-state index contributed by atoms with van der Waals surface area (Å²) in [5.74, 6) is 0.663. The first-order chi connectivity index (χ1) is 12.6. The second-order valence-electron chi connectivity index (χ2n) is 7.62. The summed E-state index contributed by atoms with van der Waals surface area (Å²) in [6.45, 7) is 7.77. The predicted octanol–water partition coefficient (Wildman–Crippen LogP) is 2.72.